The fourth-order valence-corrected chi connectivity index (χ4v) is 3.50. The van der Waals surface area contributed by atoms with E-state index in [1.54, 1.807) is 0 Å². The maximum absolute atomic E-state index is 3.71. The molecule has 1 aromatic carbocycles. The van der Waals surface area contributed by atoms with Gasteiger partial charge in [0.2, 0.25) is 0 Å². The van der Waals surface area contributed by atoms with E-state index in [9.17, 15) is 0 Å². The molecule has 0 heterocycles. The van der Waals surface area contributed by atoms with Crippen molar-refractivity contribution in [3.05, 3.63) is 34.4 Å². The Balaban J connectivity index is 2.19. The molecule has 1 saturated carbocycles. The van der Waals surface area contributed by atoms with Crippen molar-refractivity contribution in [2.45, 2.75) is 65.8 Å². The lowest BCUT2D eigenvalue weighted by molar-refractivity contribution is 0.399. The van der Waals surface area contributed by atoms with Crippen LogP contribution in [0.25, 0.3) is 0 Å². The first-order chi connectivity index (χ1) is 9.11. The largest absolute Gasteiger partial charge is 0.310 e. The van der Waals surface area contributed by atoms with Crippen molar-refractivity contribution in [3.63, 3.8) is 0 Å². The van der Waals surface area contributed by atoms with Gasteiger partial charge in [-0.3, -0.25) is 0 Å². The third-order valence-corrected chi connectivity index (χ3v) is 4.75. The average molecular weight is 259 g/mol. The Bertz CT molecular complexity index is 416. The van der Waals surface area contributed by atoms with E-state index < -0.39 is 0 Å². The molecule has 19 heavy (non-hydrogen) atoms. The summed E-state index contributed by atoms with van der Waals surface area (Å²) in [6.07, 6.45) is 7.07. The SMILES string of the molecule is CCNC(CC1CCCC1)c1cc(C)c(C)cc1C. The predicted octanol–water partition coefficient (Wildman–Crippen LogP) is 4.84. The molecule has 0 amide bonds. The normalized spacial score (nSPS) is 17.9. The van der Waals surface area contributed by atoms with Gasteiger partial charge in [0.15, 0.2) is 0 Å². The number of aryl methyl sites for hydroxylation is 3. The molecular formula is C18H29N. The zero-order valence-corrected chi connectivity index (χ0v) is 13.1. The molecular weight excluding hydrogens is 230 g/mol. The zero-order chi connectivity index (χ0) is 13.8. The van der Waals surface area contributed by atoms with Gasteiger partial charge in [-0.2, -0.15) is 0 Å². The third-order valence-electron chi connectivity index (χ3n) is 4.75. The molecule has 1 nitrogen and oxygen atoms in total. The highest BCUT2D eigenvalue weighted by Crippen LogP contribution is 2.34. The standard InChI is InChI=1S/C18H29N/c1-5-19-18(12-16-8-6-7-9-16)17-11-14(3)13(2)10-15(17)4/h10-11,16,18-19H,5-9,12H2,1-4H3. The Morgan fingerprint density at radius 3 is 2.32 bits per heavy atom. The fourth-order valence-electron chi connectivity index (χ4n) is 3.50. The first-order valence-electron chi connectivity index (χ1n) is 7.93. The van der Waals surface area contributed by atoms with Gasteiger partial charge in [-0.1, -0.05) is 44.7 Å². The van der Waals surface area contributed by atoms with E-state index >= 15 is 0 Å². The molecule has 1 heteroatoms. The number of hydrogen-bond donors (Lipinski definition) is 1. The van der Waals surface area contributed by atoms with Crippen LogP contribution in [-0.2, 0) is 0 Å². The highest BCUT2D eigenvalue weighted by Gasteiger charge is 2.22. The molecule has 106 valence electrons. The van der Waals surface area contributed by atoms with Gasteiger partial charge in [-0.15, -0.1) is 0 Å². The van der Waals surface area contributed by atoms with Crippen molar-refractivity contribution in [2.24, 2.45) is 5.92 Å². The molecule has 0 spiro atoms. The summed E-state index contributed by atoms with van der Waals surface area (Å²) in [4.78, 5) is 0. The summed E-state index contributed by atoms with van der Waals surface area (Å²) in [5.74, 6) is 0.935. The highest BCUT2D eigenvalue weighted by atomic mass is 14.9. The molecule has 1 atom stereocenters. The van der Waals surface area contributed by atoms with E-state index in [1.807, 2.05) is 0 Å². The Morgan fingerprint density at radius 1 is 1.05 bits per heavy atom. The Hall–Kier alpha value is -0.820. The van der Waals surface area contributed by atoms with Crippen molar-refractivity contribution in [3.8, 4) is 0 Å². The molecule has 0 radical (unpaired) electrons. The van der Waals surface area contributed by atoms with Crippen LogP contribution in [0.2, 0.25) is 0 Å². The van der Waals surface area contributed by atoms with Crippen LogP contribution in [0.5, 0.6) is 0 Å². The molecule has 0 aliphatic heterocycles. The predicted molar refractivity (Wildman–Crippen MR) is 83.6 cm³/mol. The molecule has 0 aromatic heterocycles. The molecule has 1 aliphatic carbocycles. The van der Waals surface area contributed by atoms with Crippen LogP contribution in [0.1, 0.15) is 67.3 Å². The van der Waals surface area contributed by atoms with E-state index in [-0.39, 0.29) is 0 Å². The van der Waals surface area contributed by atoms with E-state index in [4.69, 9.17) is 0 Å². The smallest absolute Gasteiger partial charge is 0.0325 e. The lowest BCUT2D eigenvalue weighted by Crippen LogP contribution is -2.24. The van der Waals surface area contributed by atoms with E-state index in [1.165, 1.54) is 54.4 Å². The molecule has 1 N–H and O–H groups in total. The minimum Gasteiger partial charge on any atom is -0.310 e. The molecule has 0 saturated heterocycles. The first kappa shape index (κ1) is 14.6. The Labute approximate surface area is 118 Å². The quantitative estimate of drug-likeness (QED) is 0.797. The maximum atomic E-state index is 3.71. The second-order valence-electron chi connectivity index (χ2n) is 6.29. The topological polar surface area (TPSA) is 12.0 Å². The number of nitrogens with one attached hydrogen (secondary N) is 1. The van der Waals surface area contributed by atoms with Crippen LogP contribution in [0.15, 0.2) is 12.1 Å². The second-order valence-corrected chi connectivity index (χ2v) is 6.29. The molecule has 0 bridgehead atoms. The Kier molecular flexibility index (Phi) is 5.04. The van der Waals surface area contributed by atoms with E-state index in [0.29, 0.717) is 6.04 Å². The zero-order valence-electron chi connectivity index (χ0n) is 13.1. The van der Waals surface area contributed by atoms with Gasteiger partial charge in [0.25, 0.3) is 0 Å². The van der Waals surface area contributed by atoms with Gasteiger partial charge in [-0.05, 0) is 61.9 Å². The second kappa shape index (κ2) is 6.56. The minimum absolute atomic E-state index is 0.549. The average Bonchev–Trinajstić information content (AvgIpc) is 2.86. The summed E-state index contributed by atoms with van der Waals surface area (Å²) in [5, 5.41) is 3.71. The van der Waals surface area contributed by atoms with Crippen molar-refractivity contribution in [1.29, 1.82) is 0 Å². The molecule has 2 rings (SSSR count). The van der Waals surface area contributed by atoms with Gasteiger partial charge in [-0.25, -0.2) is 0 Å². The van der Waals surface area contributed by atoms with Gasteiger partial charge < -0.3 is 5.32 Å². The van der Waals surface area contributed by atoms with Crippen molar-refractivity contribution >= 4 is 0 Å². The van der Waals surface area contributed by atoms with Crippen LogP contribution in [0.3, 0.4) is 0 Å². The highest BCUT2D eigenvalue weighted by molar-refractivity contribution is 5.38. The summed E-state index contributed by atoms with van der Waals surface area (Å²) in [7, 11) is 0. The number of benzene rings is 1. The van der Waals surface area contributed by atoms with Gasteiger partial charge in [0, 0.05) is 6.04 Å². The number of rotatable bonds is 5. The summed E-state index contributed by atoms with van der Waals surface area (Å²) >= 11 is 0. The van der Waals surface area contributed by atoms with Crippen LogP contribution in [0, 0.1) is 26.7 Å². The summed E-state index contributed by atoms with van der Waals surface area (Å²) in [6.45, 7) is 9.99. The lowest BCUT2D eigenvalue weighted by atomic mass is 9.89. The van der Waals surface area contributed by atoms with Gasteiger partial charge in [0.1, 0.15) is 0 Å². The summed E-state index contributed by atoms with van der Waals surface area (Å²) in [6, 6.07) is 5.31. The Morgan fingerprint density at radius 2 is 1.68 bits per heavy atom. The van der Waals surface area contributed by atoms with Crippen LogP contribution in [0.4, 0.5) is 0 Å². The third kappa shape index (κ3) is 3.60. The fraction of sp³-hybridized carbons (Fsp3) is 0.667. The summed E-state index contributed by atoms with van der Waals surface area (Å²) in [5.41, 5.74) is 5.82. The van der Waals surface area contributed by atoms with E-state index in [0.717, 1.165) is 12.5 Å². The first-order valence-corrected chi connectivity index (χ1v) is 7.93. The molecule has 1 fully saturated rings. The monoisotopic (exact) mass is 259 g/mol. The summed E-state index contributed by atoms with van der Waals surface area (Å²) < 4.78 is 0. The van der Waals surface area contributed by atoms with E-state index in [2.05, 4.69) is 45.1 Å². The molecule has 1 unspecified atom stereocenters. The molecule has 1 aliphatic rings. The van der Waals surface area contributed by atoms with Crippen LogP contribution >= 0.6 is 0 Å². The van der Waals surface area contributed by atoms with Crippen LogP contribution < -0.4 is 5.32 Å². The lowest BCUT2D eigenvalue weighted by Gasteiger charge is -2.24. The van der Waals surface area contributed by atoms with Gasteiger partial charge in [0.05, 0.1) is 0 Å². The number of hydrogen-bond acceptors (Lipinski definition) is 1. The van der Waals surface area contributed by atoms with Gasteiger partial charge >= 0.3 is 0 Å². The van der Waals surface area contributed by atoms with Crippen molar-refractivity contribution in [2.75, 3.05) is 6.54 Å². The minimum atomic E-state index is 0.549. The van der Waals surface area contributed by atoms with Crippen molar-refractivity contribution in [1.82, 2.24) is 5.32 Å². The molecule has 1 aromatic rings. The maximum Gasteiger partial charge on any atom is 0.0325 e. The van der Waals surface area contributed by atoms with Crippen LogP contribution in [-0.4, -0.2) is 6.54 Å². The van der Waals surface area contributed by atoms with Crippen molar-refractivity contribution < 1.29 is 0 Å².